The molecule has 4 atom stereocenters. The van der Waals surface area contributed by atoms with Crippen LogP contribution in [0.5, 0.6) is 5.75 Å². The molecule has 64 heavy (non-hydrogen) atoms. The standard InChI is InChI=1S/C19H36O4.C19H34O4.C12H16ClNO3.ClH/c2*1-3-4-5-6-7-8-9-10-11-12-13-14-18(21)15-19(22)16-23-17(2)20;1-14(2)7-8-16-12(15)9-17-11-5-3-10(13)4-6-11;/h3,18-19,21-22H,1,4-16H2,2H3;1,18-19,21-22H,4-16H2,2H3;3-6H,7-9H2,1-2H3;1H. The maximum Gasteiger partial charge on any atom is 0.344 e. The van der Waals surface area contributed by atoms with Gasteiger partial charge >= 0.3 is 17.9 Å². The molecule has 4 N–H and O–H groups in total. The molecule has 0 fully saturated rings. The summed E-state index contributed by atoms with van der Waals surface area (Å²) < 4.78 is 19.6. The fourth-order valence-electron chi connectivity index (χ4n) is 6.23. The molecule has 14 heteroatoms. The van der Waals surface area contributed by atoms with Gasteiger partial charge in [-0.2, -0.15) is 0 Å². The molecule has 0 amide bonds. The Labute approximate surface area is 398 Å². The highest BCUT2D eigenvalue weighted by Crippen LogP contribution is 2.17. The molecule has 1 aromatic rings. The summed E-state index contributed by atoms with van der Waals surface area (Å²) in [5, 5.41) is 39.5. The van der Waals surface area contributed by atoms with E-state index in [1.807, 2.05) is 25.1 Å². The number of carbonyl (C=O) groups excluding carboxylic acids is 3. The normalized spacial score (nSPS) is 12.4. The molecule has 0 aromatic heterocycles. The fourth-order valence-corrected chi connectivity index (χ4v) is 6.36. The van der Waals surface area contributed by atoms with Crippen molar-refractivity contribution in [2.45, 2.75) is 192 Å². The summed E-state index contributed by atoms with van der Waals surface area (Å²) in [6.45, 7) is 7.27. The first-order chi connectivity index (χ1) is 30.2. The molecule has 0 aliphatic carbocycles. The lowest BCUT2D eigenvalue weighted by Gasteiger charge is -2.15. The Bertz CT molecular complexity index is 1280. The van der Waals surface area contributed by atoms with Gasteiger partial charge in [0.05, 0.1) is 24.4 Å². The van der Waals surface area contributed by atoms with E-state index in [0.29, 0.717) is 36.8 Å². The third-order valence-electron chi connectivity index (χ3n) is 9.82. The zero-order valence-electron chi connectivity index (χ0n) is 39.9. The number of unbranched alkanes of at least 4 members (excludes halogenated alkanes) is 18. The third kappa shape index (κ3) is 51.7. The predicted octanol–water partition coefficient (Wildman–Crippen LogP) is 9.97. The van der Waals surface area contributed by atoms with Gasteiger partial charge in [-0.05, 0) is 70.5 Å². The number of halogens is 2. The highest BCUT2D eigenvalue weighted by Gasteiger charge is 2.14. The molecular formula is C50H87Cl2NO11. The van der Waals surface area contributed by atoms with Gasteiger partial charge < -0.3 is 44.3 Å². The number of hydrogen-bond donors (Lipinski definition) is 4. The SMILES string of the molecule is C#CCCCCCCCCCCCC(O)CC(O)COC(C)=O.C=CCCCCCCCCCCCC(O)CC(O)COC(C)=O.CN(C)CCOC(=O)COc1ccc(Cl)cc1.Cl. The van der Waals surface area contributed by atoms with E-state index in [1.165, 1.54) is 97.3 Å². The minimum absolute atomic E-state index is 0. The molecule has 12 nitrogen and oxygen atoms in total. The summed E-state index contributed by atoms with van der Waals surface area (Å²) in [5.41, 5.74) is 0. The maximum absolute atomic E-state index is 11.3. The van der Waals surface area contributed by atoms with Gasteiger partial charge in [0.2, 0.25) is 0 Å². The summed E-state index contributed by atoms with van der Waals surface area (Å²) in [7, 11) is 3.83. The number of allylic oxidation sites excluding steroid dienone is 1. The number of likely N-dealkylation sites (N-methyl/N-ethyl adjacent to an activating group) is 1. The van der Waals surface area contributed by atoms with E-state index in [2.05, 4.69) is 12.5 Å². The van der Waals surface area contributed by atoms with Crippen molar-refractivity contribution in [3.05, 3.63) is 41.9 Å². The minimum Gasteiger partial charge on any atom is -0.482 e. The highest BCUT2D eigenvalue weighted by molar-refractivity contribution is 6.30. The Kier molecular flexibility index (Phi) is 49.1. The van der Waals surface area contributed by atoms with E-state index in [9.17, 15) is 34.8 Å². The molecule has 4 unspecified atom stereocenters. The largest absolute Gasteiger partial charge is 0.482 e. The van der Waals surface area contributed by atoms with Crippen LogP contribution >= 0.6 is 24.0 Å². The molecule has 1 rings (SSSR count). The monoisotopic (exact) mass is 948 g/mol. The van der Waals surface area contributed by atoms with Gasteiger partial charge in [-0.15, -0.1) is 31.3 Å². The molecule has 0 spiro atoms. The number of ether oxygens (including phenoxy) is 4. The summed E-state index contributed by atoms with van der Waals surface area (Å²) >= 11 is 5.72. The third-order valence-corrected chi connectivity index (χ3v) is 10.1. The number of benzene rings is 1. The van der Waals surface area contributed by atoms with Crippen molar-refractivity contribution in [2.24, 2.45) is 0 Å². The zero-order valence-corrected chi connectivity index (χ0v) is 41.4. The van der Waals surface area contributed by atoms with Crippen LogP contribution < -0.4 is 4.74 Å². The van der Waals surface area contributed by atoms with Crippen LogP contribution in [0.15, 0.2) is 36.9 Å². The van der Waals surface area contributed by atoms with E-state index in [0.717, 1.165) is 44.9 Å². The van der Waals surface area contributed by atoms with Gasteiger partial charge in [-0.25, -0.2) is 4.79 Å². The number of aliphatic hydroxyl groups excluding tert-OH is 4. The first-order valence-electron chi connectivity index (χ1n) is 23.4. The number of esters is 3. The highest BCUT2D eigenvalue weighted by atomic mass is 35.5. The lowest BCUT2D eigenvalue weighted by atomic mass is 10.0. The van der Waals surface area contributed by atoms with Crippen molar-refractivity contribution < 1.29 is 53.8 Å². The molecule has 0 aliphatic heterocycles. The van der Waals surface area contributed by atoms with Crippen LogP contribution in [0.3, 0.4) is 0 Å². The van der Waals surface area contributed by atoms with Crippen molar-refractivity contribution in [2.75, 3.05) is 47.1 Å². The number of rotatable bonds is 37. The van der Waals surface area contributed by atoms with Crippen LogP contribution in [0.1, 0.15) is 168 Å². The van der Waals surface area contributed by atoms with Crippen LogP contribution in [-0.4, -0.2) is 115 Å². The Morgan fingerprint density at radius 1 is 0.672 bits per heavy atom. The second-order valence-electron chi connectivity index (χ2n) is 16.4. The molecule has 0 aliphatic rings. The van der Waals surface area contributed by atoms with Crippen LogP contribution in [0.2, 0.25) is 5.02 Å². The Balaban J connectivity index is -0.000000875. The van der Waals surface area contributed by atoms with E-state index in [1.54, 1.807) is 24.3 Å². The van der Waals surface area contributed by atoms with E-state index in [4.69, 9.17) is 37.0 Å². The predicted molar refractivity (Wildman–Crippen MR) is 261 cm³/mol. The summed E-state index contributed by atoms with van der Waals surface area (Å²) in [6.07, 6.45) is 30.5. The lowest BCUT2D eigenvalue weighted by Crippen LogP contribution is -2.23. The summed E-state index contributed by atoms with van der Waals surface area (Å²) in [4.78, 5) is 34.4. The van der Waals surface area contributed by atoms with Crippen LogP contribution in [0.25, 0.3) is 0 Å². The van der Waals surface area contributed by atoms with Gasteiger partial charge in [-0.3, -0.25) is 9.59 Å². The van der Waals surface area contributed by atoms with E-state index >= 15 is 0 Å². The molecule has 1 aromatic carbocycles. The van der Waals surface area contributed by atoms with Gasteiger partial charge in [-0.1, -0.05) is 120 Å². The van der Waals surface area contributed by atoms with Gasteiger partial charge in [0.25, 0.3) is 0 Å². The molecule has 0 saturated heterocycles. The van der Waals surface area contributed by atoms with Gasteiger partial charge in [0.15, 0.2) is 6.61 Å². The Morgan fingerprint density at radius 3 is 1.47 bits per heavy atom. The fraction of sp³-hybridized carbons (Fsp3) is 0.740. The van der Waals surface area contributed by atoms with Crippen LogP contribution in [0, 0.1) is 12.3 Å². The first kappa shape index (κ1) is 65.4. The average Bonchev–Trinajstić information content (AvgIpc) is 3.23. The molecular weight excluding hydrogens is 861 g/mol. The lowest BCUT2D eigenvalue weighted by molar-refractivity contribution is -0.146. The van der Waals surface area contributed by atoms with Crippen molar-refractivity contribution in [1.29, 1.82) is 0 Å². The second kappa shape index (κ2) is 48.1. The zero-order chi connectivity index (χ0) is 47.4. The molecule has 0 heterocycles. The van der Waals surface area contributed by atoms with Crippen molar-refractivity contribution in [3.63, 3.8) is 0 Å². The average molecular weight is 949 g/mol. The number of hydrogen-bond acceptors (Lipinski definition) is 12. The molecule has 372 valence electrons. The summed E-state index contributed by atoms with van der Waals surface area (Å²) in [6, 6.07) is 6.81. The molecule has 0 saturated carbocycles. The number of aliphatic hydroxyl groups is 4. The van der Waals surface area contributed by atoms with Crippen molar-refractivity contribution in [1.82, 2.24) is 4.90 Å². The van der Waals surface area contributed by atoms with Crippen molar-refractivity contribution in [3.8, 4) is 18.1 Å². The van der Waals surface area contributed by atoms with Crippen LogP contribution in [-0.2, 0) is 28.6 Å². The van der Waals surface area contributed by atoms with Gasteiger partial charge in [0.1, 0.15) is 25.6 Å². The quantitative estimate of drug-likeness (QED) is 0.0164. The summed E-state index contributed by atoms with van der Waals surface area (Å²) in [5.74, 6) is 2.08. The van der Waals surface area contributed by atoms with Gasteiger partial charge in [0, 0.05) is 44.7 Å². The molecule has 0 bridgehead atoms. The van der Waals surface area contributed by atoms with E-state index < -0.39 is 36.4 Å². The van der Waals surface area contributed by atoms with Crippen molar-refractivity contribution >= 4 is 41.9 Å². The number of terminal acetylenes is 1. The topological polar surface area (TPSA) is 172 Å². The maximum atomic E-state index is 11.3. The minimum atomic E-state index is -0.775. The number of nitrogens with zero attached hydrogens (tertiary/aromatic N) is 1. The Morgan fingerprint density at radius 2 is 1.08 bits per heavy atom. The Hall–Kier alpha value is -2.89. The first-order valence-corrected chi connectivity index (χ1v) is 23.8. The van der Waals surface area contributed by atoms with E-state index in [-0.39, 0.29) is 51.0 Å². The molecule has 0 radical (unpaired) electrons. The van der Waals surface area contributed by atoms with Crippen LogP contribution in [0.4, 0.5) is 0 Å². The smallest absolute Gasteiger partial charge is 0.344 e. The second-order valence-corrected chi connectivity index (χ2v) is 16.9. The number of carbonyl (C=O) groups is 3.